The van der Waals surface area contributed by atoms with Crippen molar-refractivity contribution in [3.63, 3.8) is 0 Å². The minimum absolute atomic E-state index is 0.553. The summed E-state index contributed by atoms with van der Waals surface area (Å²) in [7, 11) is 0. The van der Waals surface area contributed by atoms with E-state index >= 15 is 0 Å². The van der Waals surface area contributed by atoms with E-state index in [9.17, 15) is 0 Å². The van der Waals surface area contributed by atoms with Crippen LogP contribution < -0.4 is 0 Å². The van der Waals surface area contributed by atoms with Crippen molar-refractivity contribution in [2.24, 2.45) is 0 Å². The zero-order chi connectivity index (χ0) is 41.2. The smallest absolute Gasteiger partial charge is 0.238 e. The molecule has 0 radical (unpaired) electrons. The van der Waals surface area contributed by atoms with E-state index in [0.717, 1.165) is 98.9 Å². The Morgan fingerprint density at radius 3 is 1.37 bits per heavy atom. The van der Waals surface area contributed by atoms with Crippen molar-refractivity contribution < 1.29 is 4.42 Å². The molecule has 0 fully saturated rings. The van der Waals surface area contributed by atoms with Gasteiger partial charge in [-0.15, -0.1) is 0 Å². The second kappa shape index (κ2) is 12.9. The van der Waals surface area contributed by atoms with Crippen molar-refractivity contribution in [3.05, 3.63) is 200 Å². The summed E-state index contributed by atoms with van der Waals surface area (Å²) in [6.45, 7) is 0. The summed E-state index contributed by atoms with van der Waals surface area (Å²) in [6.07, 6.45) is 0. The number of fused-ring (bicyclic) bond motifs is 10. The van der Waals surface area contributed by atoms with E-state index in [1.165, 1.54) is 16.2 Å². The van der Waals surface area contributed by atoms with E-state index < -0.39 is 0 Å². The first-order valence-electron chi connectivity index (χ1n) is 21.3. The van der Waals surface area contributed by atoms with Crippen molar-refractivity contribution in [1.82, 2.24) is 24.1 Å². The van der Waals surface area contributed by atoms with Crippen LogP contribution in [0.15, 0.2) is 205 Å². The van der Waals surface area contributed by atoms with Crippen LogP contribution in [-0.4, -0.2) is 24.1 Å². The number of nitrogens with zero attached hydrogens (tertiary/aromatic N) is 5. The summed E-state index contributed by atoms with van der Waals surface area (Å²) >= 11 is 0. The molecule has 4 heterocycles. The minimum Gasteiger partial charge on any atom is -0.456 e. The van der Waals surface area contributed by atoms with Gasteiger partial charge in [0.15, 0.2) is 11.6 Å². The van der Waals surface area contributed by atoms with E-state index in [0.29, 0.717) is 17.6 Å². The third-order valence-electron chi connectivity index (χ3n) is 12.9. The quantitative estimate of drug-likeness (QED) is 0.163. The Kier molecular flexibility index (Phi) is 7.02. The van der Waals surface area contributed by atoms with Gasteiger partial charge in [0.2, 0.25) is 5.95 Å². The molecular formula is C57H33N5O. The molecule has 0 N–H and O–H groups in total. The van der Waals surface area contributed by atoms with Crippen LogP contribution >= 0.6 is 0 Å². The normalized spacial score (nSPS) is 12.1. The van der Waals surface area contributed by atoms with Crippen molar-refractivity contribution >= 4 is 87.1 Å². The van der Waals surface area contributed by atoms with Gasteiger partial charge in [-0.1, -0.05) is 164 Å². The molecule has 0 unspecified atom stereocenters. The Hall–Kier alpha value is -8.61. The van der Waals surface area contributed by atoms with E-state index in [-0.39, 0.29) is 0 Å². The summed E-state index contributed by atoms with van der Waals surface area (Å²) in [5.74, 6) is 1.78. The number of furan rings is 1. The third kappa shape index (κ3) is 4.91. The third-order valence-corrected chi connectivity index (χ3v) is 12.9. The predicted molar refractivity (Wildman–Crippen MR) is 258 cm³/mol. The molecule has 0 aliphatic carbocycles. The SMILES string of the molecule is c1ccc(-c2cc3oc4cc(-n5c6ccccc6c6ccc7c8ccccc8n(-c8nc(-c9ccccc9)nc(-c9ccccc9)n8)c7c65)cc5c6ccccc6c(c2)c3c45)cc1. The van der Waals surface area contributed by atoms with Gasteiger partial charge in [-0.05, 0) is 63.0 Å². The molecule has 0 aliphatic rings. The Bertz CT molecular complexity index is 4070. The van der Waals surface area contributed by atoms with Crippen molar-refractivity contribution in [1.29, 1.82) is 0 Å². The highest BCUT2D eigenvalue weighted by Gasteiger charge is 2.25. The van der Waals surface area contributed by atoms with Gasteiger partial charge < -0.3 is 8.98 Å². The molecule has 14 rings (SSSR count). The lowest BCUT2D eigenvalue weighted by atomic mass is 9.92. The molecule has 0 saturated heterocycles. The molecule has 0 bridgehead atoms. The lowest BCUT2D eigenvalue weighted by Crippen LogP contribution is -2.07. The summed E-state index contributed by atoms with van der Waals surface area (Å²) in [5, 5.41) is 11.6. The molecule has 4 aromatic heterocycles. The maximum absolute atomic E-state index is 7.00. The van der Waals surface area contributed by atoms with Gasteiger partial charge in [0, 0.05) is 49.5 Å². The van der Waals surface area contributed by atoms with Crippen molar-refractivity contribution in [3.8, 4) is 45.5 Å². The Morgan fingerprint density at radius 1 is 0.317 bits per heavy atom. The molecule has 6 nitrogen and oxygen atoms in total. The number of hydrogen-bond acceptors (Lipinski definition) is 4. The van der Waals surface area contributed by atoms with Gasteiger partial charge in [0.05, 0.1) is 27.8 Å². The summed E-state index contributed by atoms with van der Waals surface area (Å²) in [4.78, 5) is 15.7. The van der Waals surface area contributed by atoms with E-state index in [4.69, 9.17) is 19.4 Å². The fraction of sp³-hybridized carbons (Fsp3) is 0. The molecular weight excluding hydrogens is 771 g/mol. The molecule has 0 aliphatic heterocycles. The molecule has 14 aromatic rings. The van der Waals surface area contributed by atoms with E-state index in [1.807, 2.05) is 36.4 Å². The van der Waals surface area contributed by atoms with Crippen LogP contribution in [0.5, 0.6) is 0 Å². The number of rotatable bonds is 5. The molecule has 0 spiro atoms. The summed E-state index contributed by atoms with van der Waals surface area (Å²) in [6, 6.07) is 70.7. The zero-order valence-electron chi connectivity index (χ0n) is 33.7. The molecule has 0 saturated carbocycles. The second-order valence-electron chi connectivity index (χ2n) is 16.4. The molecule has 0 amide bonds. The lowest BCUT2D eigenvalue weighted by Gasteiger charge is -2.14. The first-order valence-corrected chi connectivity index (χ1v) is 21.3. The summed E-state index contributed by atoms with van der Waals surface area (Å²) in [5.41, 5.74) is 11.1. The van der Waals surface area contributed by atoms with E-state index in [2.05, 4.69) is 173 Å². The Labute approximate surface area is 359 Å². The maximum Gasteiger partial charge on any atom is 0.238 e. The highest BCUT2D eigenvalue weighted by atomic mass is 16.3. The van der Waals surface area contributed by atoms with Gasteiger partial charge in [-0.25, -0.2) is 4.98 Å². The largest absolute Gasteiger partial charge is 0.456 e. The monoisotopic (exact) mass is 803 g/mol. The topological polar surface area (TPSA) is 61.7 Å². The van der Waals surface area contributed by atoms with Crippen LogP contribution in [0.4, 0.5) is 0 Å². The average Bonchev–Trinajstić information content (AvgIpc) is 4.02. The predicted octanol–water partition coefficient (Wildman–Crippen LogP) is 14.7. The molecule has 292 valence electrons. The van der Waals surface area contributed by atoms with Gasteiger partial charge in [-0.2, -0.15) is 9.97 Å². The van der Waals surface area contributed by atoms with Crippen LogP contribution in [0.1, 0.15) is 0 Å². The van der Waals surface area contributed by atoms with Gasteiger partial charge in [0.25, 0.3) is 0 Å². The average molecular weight is 804 g/mol. The number of para-hydroxylation sites is 2. The fourth-order valence-electron chi connectivity index (χ4n) is 10.2. The minimum atomic E-state index is 0.553. The highest BCUT2D eigenvalue weighted by Crippen LogP contribution is 2.47. The highest BCUT2D eigenvalue weighted by molar-refractivity contribution is 6.34. The number of benzene rings is 10. The van der Waals surface area contributed by atoms with Crippen LogP contribution in [0.2, 0.25) is 0 Å². The number of aromatic nitrogens is 5. The van der Waals surface area contributed by atoms with Crippen molar-refractivity contribution in [2.75, 3.05) is 0 Å². The maximum atomic E-state index is 7.00. The lowest BCUT2D eigenvalue weighted by molar-refractivity contribution is 0.669. The van der Waals surface area contributed by atoms with E-state index in [1.54, 1.807) is 0 Å². The molecule has 63 heavy (non-hydrogen) atoms. The first-order chi connectivity index (χ1) is 31.2. The van der Waals surface area contributed by atoms with Gasteiger partial charge in [-0.3, -0.25) is 4.57 Å². The molecule has 10 aromatic carbocycles. The zero-order valence-corrected chi connectivity index (χ0v) is 33.7. The molecule has 0 atom stereocenters. The standard InChI is InChI=1S/C57H33N5O/c1-4-16-34(17-5-1)37-30-45-39-22-10-11-23-40(39)46-32-38(33-50-52(46)51(45)49(31-37)63-50)61-47-26-14-12-24-41(47)43-28-29-44-42-25-13-15-27-48(42)62(54(44)53(43)61)57-59-55(35-18-6-2-7-19-35)58-56(60-57)36-20-8-3-9-21-36/h1-33H. The Balaban J connectivity index is 1.12. The summed E-state index contributed by atoms with van der Waals surface area (Å²) < 4.78 is 11.7. The van der Waals surface area contributed by atoms with Crippen LogP contribution in [-0.2, 0) is 0 Å². The van der Waals surface area contributed by atoms with Crippen LogP contribution in [0, 0.1) is 0 Å². The first kappa shape index (κ1) is 34.1. The Morgan fingerprint density at radius 2 is 0.778 bits per heavy atom. The number of hydrogen-bond donors (Lipinski definition) is 0. The van der Waals surface area contributed by atoms with Gasteiger partial charge >= 0.3 is 0 Å². The van der Waals surface area contributed by atoms with Crippen LogP contribution in [0.25, 0.3) is 133 Å². The van der Waals surface area contributed by atoms with Crippen molar-refractivity contribution in [2.45, 2.75) is 0 Å². The molecule has 6 heteroatoms. The second-order valence-corrected chi connectivity index (χ2v) is 16.4. The van der Waals surface area contributed by atoms with Crippen LogP contribution in [0.3, 0.4) is 0 Å². The van der Waals surface area contributed by atoms with Gasteiger partial charge in [0.1, 0.15) is 11.2 Å². The fourth-order valence-corrected chi connectivity index (χ4v) is 10.2.